The van der Waals surface area contributed by atoms with Crippen LogP contribution in [0.5, 0.6) is 0 Å². The zero-order valence-electron chi connectivity index (χ0n) is 15.0. The number of para-hydroxylation sites is 1. The van der Waals surface area contributed by atoms with Gasteiger partial charge in [0.25, 0.3) is 0 Å². The van der Waals surface area contributed by atoms with Gasteiger partial charge in [-0.05, 0) is 36.2 Å². The van der Waals surface area contributed by atoms with Crippen molar-refractivity contribution in [1.29, 1.82) is 0 Å². The monoisotopic (exact) mass is 434 g/mol. The predicted octanol–water partition coefficient (Wildman–Crippen LogP) is 4.33. The summed E-state index contributed by atoms with van der Waals surface area (Å²) in [5.41, 5.74) is -0.196. The van der Waals surface area contributed by atoms with Crippen molar-refractivity contribution in [3.8, 4) is 0 Å². The number of carbonyl (C=O) groups is 1. The van der Waals surface area contributed by atoms with Gasteiger partial charge in [-0.3, -0.25) is 9.10 Å². The third-order valence-electron chi connectivity index (χ3n) is 3.90. The van der Waals surface area contributed by atoms with Gasteiger partial charge >= 0.3 is 6.18 Å². The minimum atomic E-state index is -4.61. The molecule has 0 aliphatic heterocycles. The second-order valence-corrected chi connectivity index (χ2v) is 8.31. The Morgan fingerprint density at radius 3 is 2.39 bits per heavy atom. The first-order chi connectivity index (χ1) is 12.9. The van der Waals surface area contributed by atoms with E-state index in [0.29, 0.717) is 23.7 Å². The second-order valence-electron chi connectivity index (χ2n) is 5.99. The highest BCUT2D eigenvalue weighted by Gasteiger charge is 2.31. The number of anilines is 2. The molecule has 10 heteroatoms. The number of hydrogen-bond donors (Lipinski definition) is 1. The van der Waals surface area contributed by atoms with Crippen molar-refractivity contribution in [1.82, 2.24) is 0 Å². The SMILES string of the molecule is CCc1ccccc1N(CC(=O)Nc1cc(C(F)(F)F)ccc1Cl)S(C)(=O)=O. The van der Waals surface area contributed by atoms with Crippen LogP contribution in [0.25, 0.3) is 0 Å². The third kappa shape index (κ3) is 5.39. The molecule has 0 saturated carbocycles. The molecule has 2 aromatic carbocycles. The van der Waals surface area contributed by atoms with Crippen LogP contribution >= 0.6 is 11.6 Å². The molecule has 0 aromatic heterocycles. The normalized spacial score (nSPS) is 11.9. The maximum atomic E-state index is 12.9. The summed E-state index contributed by atoms with van der Waals surface area (Å²) in [5.74, 6) is -0.822. The Kier molecular flexibility index (Phi) is 6.61. The molecule has 1 N–H and O–H groups in total. The summed E-state index contributed by atoms with van der Waals surface area (Å²) in [5, 5.41) is 2.16. The topological polar surface area (TPSA) is 66.5 Å². The summed E-state index contributed by atoms with van der Waals surface area (Å²) in [6, 6.07) is 9.17. The van der Waals surface area contributed by atoms with Crippen LogP contribution in [0.4, 0.5) is 24.5 Å². The highest BCUT2D eigenvalue weighted by atomic mass is 35.5. The number of nitrogens with zero attached hydrogens (tertiary/aromatic N) is 1. The molecule has 2 aromatic rings. The van der Waals surface area contributed by atoms with Crippen molar-refractivity contribution in [3.63, 3.8) is 0 Å². The van der Waals surface area contributed by atoms with Gasteiger partial charge in [0.1, 0.15) is 6.54 Å². The van der Waals surface area contributed by atoms with Crippen LogP contribution in [0, 0.1) is 0 Å². The molecule has 28 heavy (non-hydrogen) atoms. The summed E-state index contributed by atoms with van der Waals surface area (Å²) < 4.78 is 63.9. The Labute approximate surface area is 166 Å². The van der Waals surface area contributed by atoms with Crippen LogP contribution in [0.2, 0.25) is 5.02 Å². The first-order valence-electron chi connectivity index (χ1n) is 8.15. The molecule has 0 fully saturated rings. The molecule has 0 atom stereocenters. The minimum absolute atomic E-state index is 0.0961. The van der Waals surface area contributed by atoms with Crippen LogP contribution in [0.3, 0.4) is 0 Å². The number of nitrogens with one attached hydrogen (secondary N) is 1. The molecule has 5 nitrogen and oxygen atoms in total. The van der Waals surface area contributed by atoms with E-state index in [1.54, 1.807) is 24.3 Å². The van der Waals surface area contributed by atoms with Crippen molar-refractivity contribution >= 4 is 38.9 Å². The van der Waals surface area contributed by atoms with Gasteiger partial charge in [-0.2, -0.15) is 13.2 Å². The number of benzene rings is 2. The van der Waals surface area contributed by atoms with Crippen LogP contribution in [0.1, 0.15) is 18.1 Å². The predicted molar refractivity (Wildman–Crippen MR) is 103 cm³/mol. The largest absolute Gasteiger partial charge is 0.416 e. The molecule has 2 rings (SSSR count). The quantitative estimate of drug-likeness (QED) is 0.736. The number of hydrogen-bond acceptors (Lipinski definition) is 3. The van der Waals surface area contributed by atoms with Crippen LogP contribution in [-0.2, 0) is 27.4 Å². The summed E-state index contributed by atoms with van der Waals surface area (Å²) >= 11 is 5.87. The molecular formula is C18H18ClF3N2O3S. The second kappa shape index (κ2) is 8.40. The summed E-state index contributed by atoms with van der Waals surface area (Å²) in [4.78, 5) is 12.4. The Morgan fingerprint density at radius 2 is 1.82 bits per heavy atom. The zero-order valence-corrected chi connectivity index (χ0v) is 16.6. The number of rotatable bonds is 6. The van der Waals surface area contributed by atoms with Gasteiger partial charge in [0.2, 0.25) is 15.9 Å². The van der Waals surface area contributed by atoms with E-state index in [-0.39, 0.29) is 10.7 Å². The van der Waals surface area contributed by atoms with Gasteiger partial charge in [0.05, 0.1) is 28.2 Å². The third-order valence-corrected chi connectivity index (χ3v) is 5.35. The Balaban J connectivity index is 2.31. The maximum absolute atomic E-state index is 12.9. The molecule has 0 aliphatic carbocycles. The van der Waals surface area contributed by atoms with E-state index in [4.69, 9.17) is 11.6 Å². The lowest BCUT2D eigenvalue weighted by molar-refractivity contribution is -0.137. The van der Waals surface area contributed by atoms with Gasteiger partial charge in [0, 0.05) is 0 Å². The fourth-order valence-corrected chi connectivity index (χ4v) is 3.60. The highest BCUT2D eigenvalue weighted by molar-refractivity contribution is 7.92. The molecule has 0 radical (unpaired) electrons. The number of amides is 1. The first kappa shape index (κ1) is 22.0. The fraction of sp³-hybridized carbons (Fsp3) is 0.278. The zero-order chi connectivity index (χ0) is 21.1. The van der Waals surface area contributed by atoms with Crippen molar-refractivity contribution in [3.05, 3.63) is 58.6 Å². The van der Waals surface area contributed by atoms with Crippen molar-refractivity contribution in [2.24, 2.45) is 0 Å². The molecule has 0 saturated heterocycles. The molecule has 152 valence electrons. The number of sulfonamides is 1. The van der Waals surface area contributed by atoms with Crippen molar-refractivity contribution in [2.45, 2.75) is 19.5 Å². The first-order valence-corrected chi connectivity index (χ1v) is 10.4. The minimum Gasteiger partial charge on any atom is -0.323 e. The number of alkyl halides is 3. The van der Waals surface area contributed by atoms with E-state index in [0.717, 1.165) is 22.7 Å². The Morgan fingerprint density at radius 1 is 1.18 bits per heavy atom. The average Bonchev–Trinajstić information content (AvgIpc) is 2.59. The Bertz CT molecular complexity index is 978. The Hall–Kier alpha value is -2.26. The van der Waals surface area contributed by atoms with Crippen molar-refractivity contribution < 1.29 is 26.4 Å². The number of halogens is 4. The van der Waals surface area contributed by atoms with E-state index in [1.807, 2.05) is 6.92 Å². The van der Waals surface area contributed by atoms with Crippen LogP contribution < -0.4 is 9.62 Å². The van der Waals surface area contributed by atoms with Crippen LogP contribution in [-0.4, -0.2) is 27.1 Å². The molecular weight excluding hydrogens is 417 g/mol. The standard InChI is InChI=1S/C18H18ClF3N2O3S/c1-3-12-6-4-5-7-16(12)24(28(2,26)27)11-17(25)23-15-10-13(18(20,21)22)8-9-14(15)19/h4-10H,3,11H2,1-2H3,(H,23,25). The van der Waals surface area contributed by atoms with Gasteiger partial charge in [-0.25, -0.2) is 8.42 Å². The number of aryl methyl sites for hydroxylation is 1. The summed E-state index contributed by atoms with van der Waals surface area (Å²) in [6.45, 7) is 1.23. The lowest BCUT2D eigenvalue weighted by atomic mass is 10.1. The van der Waals surface area contributed by atoms with Gasteiger partial charge < -0.3 is 5.32 Å². The smallest absolute Gasteiger partial charge is 0.323 e. The van der Waals surface area contributed by atoms with Gasteiger partial charge in [0.15, 0.2) is 0 Å². The van der Waals surface area contributed by atoms with Gasteiger partial charge in [-0.15, -0.1) is 0 Å². The summed E-state index contributed by atoms with van der Waals surface area (Å²) in [6.07, 6.45) is -3.13. The molecule has 0 unspecified atom stereocenters. The molecule has 0 aliphatic rings. The highest BCUT2D eigenvalue weighted by Crippen LogP contribution is 2.34. The van der Waals surface area contributed by atoms with E-state index in [1.165, 1.54) is 0 Å². The molecule has 1 amide bonds. The lowest BCUT2D eigenvalue weighted by Crippen LogP contribution is -2.38. The fourth-order valence-electron chi connectivity index (χ4n) is 2.55. The van der Waals surface area contributed by atoms with Crippen molar-refractivity contribution in [2.75, 3.05) is 22.4 Å². The van der Waals surface area contributed by atoms with E-state index >= 15 is 0 Å². The molecule has 0 bridgehead atoms. The van der Waals surface area contributed by atoms with Crippen LogP contribution in [0.15, 0.2) is 42.5 Å². The molecule has 0 heterocycles. The number of carbonyl (C=O) groups excluding carboxylic acids is 1. The summed E-state index contributed by atoms with van der Waals surface area (Å²) in [7, 11) is -3.82. The van der Waals surface area contributed by atoms with E-state index in [2.05, 4.69) is 5.32 Å². The molecule has 0 spiro atoms. The van der Waals surface area contributed by atoms with Gasteiger partial charge in [-0.1, -0.05) is 36.7 Å². The average molecular weight is 435 g/mol. The lowest BCUT2D eigenvalue weighted by Gasteiger charge is -2.24. The van der Waals surface area contributed by atoms with E-state index in [9.17, 15) is 26.4 Å². The maximum Gasteiger partial charge on any atom is 0.416 e. The van der Waals surface area contributed by atoms with E-state index < -0.39 is 34.2 Å².